The molecule has 19 heavy (non-hydrogen) atoms. The Bertz CT molecular complexity index is 332. The molecule has 0 aromatic rings. The molecule has 1 aliphatic carbocycles. The minimum Gasteiger partial charge on any atom is -0.309 e. The summed E-state index contributed by atoms with van der Waals surface area (Å²) in [6.45, 7) is 15.2. The highest BCUT2D eigenvalue weighted by atomic mass is 15.0. The molecule has 1 rings (SSSR count). The largest absolute Gasteiger partial charge is 0.309 e. The Morgan fingerprint density at radius 1 is 0.895 bits per heavy atom. The van der Waals surface area contributed by atoms with Crippen molar-refractivity contribution in [1.29, 1.82) is 0 Å². The summed E-state index contributed by atoms with van der Waals surface area (Å²) in [4.78, 5) is 2.30. The molecule has 0 heterocycles. The summed E-state index contributed by atoms with van der Waals surface area (Å²) in [5.74, 6) is 1.93. The van der Waals surface area contributed by atoms with Crippen LogP contribution in [0.2, 0.25) is 0 Å². The standard InChI is InChI=1S/C18H33N/c1-13(2)16-11-18(15(5)6,9-10-19(7)8)12-17(16)14(3)4/h11-15H,9-10H2,1-8H3. The van der Waals surface area contributed by atoms with Crippen LogP contribution in [0.15, 0.2) is 23.3 Å². The van der Waals surface area contributed by atoms with Crippen molar-refractivity contribution in [3.63, 3.8) is 0 Å². The monoisotopic (exact) mass is 263 g/mol. The van der Waals surface area contributed by atoms with Crippen LogP contribution in [-0.2, 0) is 0 Å². The normalized spacial score (nSPS) is 18.7. The Kier molecular flexibility index (Phi) is 5.43. The average molecular weight is 263 g/mol. The van der Waals surface area contributed by atoms with Crippen molar-refractivity contribution in [2.75, 3.05) is 20.6 Å². The van der Waals surface area contributed by atoms with Crippen molar-refractivity contribution in [3.8, 4) is 0 Å². The zero-order valence-electron chi connectivity index (χ0n) is 14.2. The summed E-state index contributed by atoms with van der Waals surface area (Å²) in [6.07, 6.45) is 6.40. The SMILES string of the molecule is CC(C)C1=CC(CCN(C)C)(C(C)C)C=C1C(C)C. The second-order valence-electron chi connectivity index (χ2n) is 7.33. The lowest BCUT2D eigenvalue weighted by molar-refractivity contribution is 0.272. The highest BCUT2D eigenvalue weighted by Gasteiger charge is 2.36. The maximum absolute atomic E-state index is 2.58. The molecule has 110 valence electrons. The number of hydrogen-bond acceptors (Lipinski definition) is 1. The Balaban J connectivity index is 3.12. The lowest BCUT2D eigenvalue weighted by atomic mass is 9.75. The van der Waals surface area contributed by atoms with Crippen LogP contribution in [0.4, 0.5) is 0 Å². The third kappa shape index (κ3) is 3.72. The minimum atomic E-state index is 0.267. The summed E-state index contributed by atoms with van der Waals surface area (Å²) in [6, 6.07) is 0. The Morgan fingerprint density at radius 2 is 1.32 bits per heavy atom. The van der Waals surface area contributed by atoms with E-state index in [9.17, 15) is 0 Å². The highest BCUT2D eigenvalue weighted by Crippen LogP contribution is 2.47. The molecule has 0 saturated carbocycles. The molecule has 1 nitrogen and oxygen atoms in total. The van der Waals surface area contributed by atoms with Crippen LogP contribution in [0.5, 0.6) is 0 Å². The molecular weight excluding hydrogens is 230 g/mol. The summed E-state index contributed by atoms with van der Waals surface area (Å²) in [7, 11) is 4.34. The third-order valence-electron chi connectivity index (χ3n) is 4.49. The number of nitrogens with zero attached hydrogens (tertiary/aromatic N) is 1. The van der Waals surface area contributed by atoms with Gasteiger partial charge < -0.3 is 4.90 Å². The topological polar surface area (TPSA) is 3.24 Å². The van der Waals surface area contributed by atoms with Crippen molar-refractivity contribution in [2.24, 2.45) is 23.2 Å². The average Bonchev–Trinajstić information content (AvgIpc) is 2.67. The second kappa shape index (κ2) is 6.26. The van der Waals surface area contributed by atoms with E-state index in [0.717, 1.165) is 6.54 Å². The van der Waals surface area contributed by atoms with Crippen LogP contribution in [0.3, 0.4) is 0 Å². The Morgan fingerprint density at radius 3 is 1.58 bits per heavy atom. The van der Waals surface area contributed by atoms with Crippen LogP contribution in [-0.4, -0.2) is 25.5 Å². The molecule has 0 radical (unpaired) electrons. The maximum atomic E-state index is 2.58. The van der Waals surface area contributed by atoms with Gasteiger partial charge in [-0.2, -0.15) is 0 Å². The van der Waals surface area contributed by atoms with E-state index in [2.05, 4.69) is 72.7 Å². The summed E-state index contributed by atoms with van der Waals surface area (Å²) < 4.78 is 0. The maximum Gasteiger partial charge on any atom is 0.0108 e. The first-order chi connectivity index (χ1) is 8.69. The van der Waals surface area contributed by atoms with E-state index in [0.29, 0.717) is 17.8 Å². The van der Waals surface area contributed by atoms with Gasteiger partial charge in [-0.15, -0.1) is 0 Å². The molecule has 1 heteroatoms. The molecule has 0 N–H and O–H groups in total. The molecular formula is C18H33N. The molecule has 0 aliphatic heterocycles. The summed E-state index contributed by atoms with van der Waals surface area (Å²) >= 11 is 0. The third-order valence-corrected chi connectivity index (χ3v) is 4.49. The van der Waals surface area contributed by atoms with Crippen molar-refractivity contribution in [1.82, 2.24) is 4.90 Å². The fourth-order valence-corrected chi connectivity index (χ4v) is 2.97. The van der Waals surface area contributed by atoms with Gasteiger partial charge in [0.2, 0.25) is 0 Å². The van der Waals surface area contributed by atoms with Gasteiger partial charge in [-0.25, -0.2) is 0 Å². The summed E-state index contributed by atoms with van der Waals surface area (Å²) in [5, 5.41) is 0. The first-order valence-corrected chi connectivity index (χ1v) is 7.80. The van der Waals surface area contributed by atoms with Crippen LogP contribution < -0.4 is 0 Å². The van der Waals surface area contributed by atoms with E-state index in [1.54, 1.807) is 11.1 Å². The highest BCUT2D eigenvalue weighted by molar-refractivity contribution is 5.45. The van der Waals surface area contributed by atoms with E-state index in [1.807, 2.05) is 0 Å². The van der Waals surface area contributed by atoms with Gasteiger partial charge in [0.1, 0.15) is 0 Å². The van der Waals surface area contributed by atoms with Gasteiger partial charge in [0, 0.05) is 5.41 Å². The van der Waals surface area contributed by atoms with Crippen molar-refractivity contribution in [2.45, 2.75) is 48.0 Å². The molecule has 0 spiro atoms. The molecule has 0 unspecified atom stereocenters. The predicted octanol–water partition coefficient (Wildman–Crippen LogP) is 4.76. The summed E-state index contributed by atoms with van der Waals surface area (Å²) in [5.41, 5.74) is 3.44. The van der Waals surface area contributed by atoms with Crippen LogP contribution >= 0.6 is 0 Å². The fraction of sp³-hybridized carbons (Fsp3) is 0.778. The second-order valence-corrected chi connectivity index (χ2v) is 7.33. The Hall–Kier alpha value is -0.560. The van der Waals surface area contributed by atoms with E-state index >= 15 is 0 Å². The Labute approximate surface area is 120 Å². The first kappa shape index (κ1) is 16.5. The lowest BCUT2D eigenvalue weighted by Gasteiger charge is -2.31. The van der Waals surface area contributed by atoms with Crippen molar-refractivity contribution in [3.05, 3.63) is 23.3 Å². The minimum absolute atomic E-state index is 0.267. The predicted molar refractivity (Wildman–Crippen MR) is 86.3 cm³/mol. The van der Waals surface area contributed by atoms with Crippen molar-refractivity contribution < 1.29 is 0 Å². The van der Waals surface area contributed by atoms with Gasteiger partial charge in [-0.3, -0.25) is 0 Å². The van der Waals surface area contributed by atoms with E-state index in [1.165, 1.54) is 6.42 Å². The van der Waals surface area contributed by atoms with E-state index in [4.69, 9.17) is 0 Å². The van der Waals surface area contributed by atoms with E-state index in [-0.39, 0.29) is 5.41 Å². The number of rotatable bonds is 6. The van der Waals surface area contributed by atoms with Gasteiger partial charge in [-0.05, 0) is 56.0 Å². The lowest BCUT2D eigenvalue weighted by Crippen LogP contribution is -2.27. The van der Waals surface area contributed by atoms with Gasteiger partial charge in [0.15, 0.2) is 0 Å². The van der Waals surface area contributed by atoms with Gasteiger partial charge in [0.25, 0.3) is 0 Å². The molecule has 0 aromatic carbocycles. The van der Waals surface area contributed by atoms with Crippen molar-refractivity contribution >= 4 is 0 Å². The molecule has 0 bridgehead atoms. The van der Waals surface area contributed by atoms with Gasteiger partial charge in [-0.1, -0.05) is 53.7 Å². The van der Waals surface area contributed by atoms with Gasteiger partial charge in [0.05, 0.1) is 0 Å². The van der Waals surface area contributed by atoms with E-state index < -0.39 is 0 Å². The number of allylic oxidation sites excluding steroid dienone is 4. The fourth-order valence-electron chi connectivity index (χ4n) is 2.97. The molecule has 0 aromatic heterocycles. The molecule has 0 atom stereocenters. The first-order valence-electron chi connectivity index (χ1n) is 7.80. The number of hydrogen-bond donors (Lipinski definition) is 0. The van der Waals surface area contributed by atoms with Crippen LogP contribution in [0.25, 0.3) is 0 Å². The molecule has 1 aliphatic rings. The molecule has 0 amide bonds. The van der Waals surface area contributed by atoms with Crippen LogP contribution in [0, 0.1) is 23.2 Å². The molecule has 0 fully saturated rings. The quantitative estimate of drug-likeness (QED) is 0.668. The smallest absolute Gasteiger partial charge is 0.0108 e. The zero-order chi connectivity index (χ0) is 14.8. The van der Waals surface area contributed by atoms with Gasteiger partial charge >= 0.3 is 0 Å². The molecule has 0 saturated heterocycles. The zero-order valence-corrected chi connectivity index (χ0v) is 14.2. The van der Waals surface area contributed by atoms with Crippen LogP contribution in [0.1, 0.15) is 48.0 Å².